The van der Waals surface area contributed by atoms with Crippen LogP contribution in [0.5, 0.6) is 0 Å². The molecule has 0 aliphatic heterocycles. The molecule has 126 valence electrons. The third-order valence-corrected chi connectivity index (χ3v) is 4.22. The van der Waals surface area contributed by atoms with Gasteiger partial charge < -0.3 is 22.0 Å². The molecule has 0 fully saturated rings. The molecule has 0 N–H and O–H groups in total. The first kappa shape index (κ1) is 17.3. The zero-order valence-corrected chi connectivity index (χ0v) is 14.8. The van der Waals surface area contributed by atoms with Crippen LogP contribution in [0.2, 0.25) is 5.02 Å². The Hall–Kier alpha value is -2.50. The third-order valence-electron chi connectivity index (χ3n) is 3.62. The molecule has 3 aromatic rings. The molecule has 0 aliphatic rings. The second-order valence-corrected chi connectivity index (χ2v) is 6.18. The van der Waals surface area contributed by atoms with Crippen molar-refractivity contribution in [3.8, 4) is 0 Å². The smallest absolute Gasteiger partial charge is 0.237 e. The molecule has 2 aromatic heterocycles. The maximum absolute atomic E-state index is 13.0. The number of hydrogen-bond acceptors (Lipinski definition) is 4. The molecule has 6 heteroatoms. The Kier molecular flexibility index (Phi) is 5.58. The second-order valence-electron chi connectivity index (χ2n) is 5.33. The van der Waals surface area contributed by atoms with Gasteiger partial charge in [0, 0.05) is 22.7 Å². The molecular weight excluding hydrogens is 356 g/mol. The summed E-state index contributed by atoms with van der Waals surface area (Å²) in [5.41, 5.74) is 0.529. The van der Waals surface area contributed by atoms with Gasteiger partial charge in [-0.05, 0) is 41.4 Å². The van der Waals surface area contributed by atoms with Gasteiger partial charge in [-0.25, -0.2) is 0 Å². The normalized spacial score (nSPS) is 12.8. The highest BCUT2D eigenvalue weighted by molar-refractivity contribution is 7.77. The number of rotatable bonds is 6. The van der Waals surface area contributed by atoms with Crippen LogP contribution < -0.4 is 4.57 Å². The minimum absolute atomic E-state index is 0.138. The van der Waals surface area contributed by atoms with E-state index in [9.17, 15) is 4.79 Å². The van der Waals surface area contributed by atoms with Crippen LogP contribution in [0.4, 0.5) is 0 Å². The van der Waals surface area contributed by atoms with E-state index in [1.807, 2.05) is 24.3 Å². The first-order valence-electron chi connectivity index (χ1n) is 7.64. The van der Waals surface area contributed by atoms with Gasteiger partial charge in [-0.15, -0.1) is 0 Å². The maximum Gasteiger partial charge on any atom is 0.237 e. The van der Waals surface area contributed by atoms with Gasteiger partial charge in [0.2, 0.25) is 11.8 Å². The monoisotopic (exact) mass is 370 g/mol. The van der Waals surface area contributed by atoms with Gasteiger partial charge >= 0.3 is 0 Å². The van der Waals surface area contributed by atoms with E-state index >= 15 is 0 Å². The molecule has 0 unspecified atom stereocenters. The number of benzene rings is 1. The summed E-state index contributed by atoms with van der Waals surface area (Å²) in [6.45, 7) is 0.295. The molecule has 25 heavy (non-hydrogen) atoms. The number of carbonyl (C=O) groups excluding carboxylic acids is 1. The number of furan rings is 1. The van der Waals surface area contributed by atoms with Crippen molar-refractivity contribution in [1.82, 2.24) is 0 Å². The lowest BCUT2D eigenvalue weighted by atomic mass is 10.0. The summed E-state index contributed by atoms with van der Waals surface area (Å²) in [4.78, 5) is 17.4. The highest BCUT2D eigenvalue weighted by Crippen LogP contribution is 2.15. The maximum atomic E-state index is 13.0. The van der Waals surface area contributed by atoms with Crippen LogP contribution in [0.1, 0.15) is 22.2 Å². The highest BCUT2D eigenvalue weighted by Gasteiger charge is 2.28. The molecular formula is C19H15ClN2O2S. The largest absolute Gasteiger partial charge is 0.758 e. The van der Waals surface area contributed by atoms with Crippen molar-refractivity contribution in [3.63, 3.8) is 0 Å². The molecule has 0 spiro atoms. The number of aliphatic imine (C=N–C) groups is 1. The van der Waals surface area contributed by atoms with E-state index in [0.717, 1.165) is 0 Å². The second kappa shape index (κ2) is 8.05. The fraction of sp³-hybridized carbons (Fsp3) is 0.105. The molecule has 0 aliphatic carbocycles. The molecule has 1 aromatic carbocycles. The average molecular weight is 371 g/mol. The molecule has 3 rings (SSSR count). The van der Waals surface area contributed by atoms with Crippen LogP contribution in [0.25, 0.3) is 0 Å². The molecule has 0 saturated carbocycles. The van der Waals surface area contributed by atoms with E-state index in [1.54, 1.807) is 53.6 Å². The van der Waals surface area contributed by atoms with Gasteiger partial charge in [-0.3, -0.25) is 4.79 Å². The summed E-state index contributed by atoms with van der Waals surface area (Å²) in [6.07, 6.45) is 5.18. The van der Waals surface area contributed by atoms with Gasteiger partial charge in [0.05, 0.1) is 12.8 Å². The van der Waals surface area contributed by atoms with Crippen molar-refractivity contribution in [2.75, 3.05) is 0 Å². The summed E-state index contributed by atoms with van der Waals surface area (Å²) in [6, 6.07) is 15.2. The van der Waals surface area contributed by atoms with Gasteiger partial charge in [0.1, 0.15) is 5.76 Å². The number of aromatic nitrogens is 1. The summed E-state index contributed by atoms with van der Waals surface area (Å²) < 4.78 is 7.02. The van der Waals surface area contributed by atoms with Crippen molar-refractivity contribution < 1.29 is 13.8 Å². The van der Waals surface area contributed by atoms with Crippen molar-refractivity contribution in [2.24, 2.45) is 4.99 Å². The quantitative estimate of drug-likeness (QED) is 0.218. The number of halogens is 1. The summed E-state index contributed by atoms with van der Waals surface area (Å²) >= 11 is 11.4. The van der Waals surface area contributed by atoms with Gasteiger partial charge in [-0.2, -0.15) is 4.57 Å². The standard InChI is InChI=1S/C19H15ClN2O2S/c20-15-8-6-14(7-9-15)18(23)17(22-10-2-1-3-11-22)19(25)21-13-16-5-4-12-24-16/h1-12,17H,13H2/t17-/m1/s1. The van der Waals surface area contributed by atoms with E-state index in [-0.39, 0.29) is 5.78 Å². The minimum atomic E-state index is -0.702. The highest BCUT2D eigenvalue weighted by atomic mass is 35.5. The molecule has 0 saturated heterocycles. The summed E-state index contributed by atoms with van der Waals surface area (Å²) in [5.74, 6) is 0.555. The van der Waals surface area contributed by atoms with E-state index in [2.05, 4.69) is 4.99 Å². The topological polar surface area (TPSA) is 46.5 Å². The zero-order valence-electron chi connectivity index (χ0n) is 13.2. The fourth-order valence-electron chi connectivity index (χ4n) is 2.38. The molecule has 0 amide bonds. The Labute approximate surface area is 156 Å². The van der Waals surface area contributed by atoms with Crippen molar-refractivity contribution in [1.29, 1.82) is 0 Å². The lowest BCUT2D eigenvalue weighted by molar-refractivity contribution is -0.691. The third kappa shape index (κ3) is 4.32. The lowest BCUT2D eigenvalue weighted by Crippen LogP contribution is -2.47. The van der Waals surface area contributed by atoms with Crippen molar-refractivity contribution in [2.45, 2.75) is 12.6 Å². The number of carbonyl (C=O) groups is 1. The predicted octanol–water partition coefficient (Wildman–Crippen LogP) is 3.79. The first-order chi connectivity index (χ1) is 12.1. The van der Waals surface area contributed by atoms with Crippen LogP contribution in [0.15, 0.2) is 82.7 Å². The van der Waals surface area contributed by atoms with Crippen LogP contribution in [-0.4, -0.2) is 10.8 Å². The van der Waals surface area contributed by atoms with Crippen molar-refractivity contribution >= 4 is 35.1 Å². The number of ketones is 1. The van der Waals surface area contributed by atoms with Crippen molar-refractivity contribution in [3.05, 3.63) is 89.6 Å². The minimum Gasteiger partial charge on any atom is -0.758 e. The lowest BCUT2D eigenvalue weighted by Gasteiger charge is -2.18. The van der Waals surface area contributed by atoms with E-state index in [0.29, 0.717) is 27.9 Å². The Morgan fingerprint density at radius 1 is 1.12 bits per heavy atom. The van der Waals surface area contributed by atoms with E-state index in [1.165, 1.54) is 0 Å². The Morgan fingerprint density at radius 2 is 1.84 bits per heavy atom. The SMILES string of the molecule is O=C(c1ccc(Cl)cc1)[C@H](C([S-])=NCc1ccco1)[n+]1ccccc1. The zero-order chi connectivity index (χ0) is 17.6. The van der Waals surface area contributed by atoms with Gasteiger partial charge in [-0.1, -0.05) is 17.7 Å². The predicted molar refractivity (Wildman–Crippen MR) is 98.7 cm³/mol. The van der Waals surface area contributed by atoms with Gasteiger partial charge in [0.25, 0.3) is 0 Å². The Balaban J connectivity index is 1.93. The Bertz CT molecular complexity index is 862. The fourth-order valence-corrected chi connectivity index (χ4v) is 2.80. The average Bonchev–Trinajstić information content (AvgIpc) is 3.15. The van der Waals surface area contributed by atoms with E-state index in [4.69, 9.17) is 28.6 Å². The van der Waals surface area contributed by atoms with Crippen LogP contribution in [0.3, 0.4) is 0 Å². The molecule has 1 atom stereocenters. The van der Waals surface area contributed by atoms with Gasteiger partial charge in [0.15, 0.2) is 12.4 Å². The first-order valence-corrected chi connectivity index (χ1v) is 8.43. The molecule has 2 heterocycles. The van der Waals surface area contributed by atoms with Crippen LogP contribution >= 0.6 is 11.6 Å². The van der Waals surface area contributed by atoms with Crippen LogP contribution in [-0.2, 0) is 19.2 Å². The molecule has 0 radical (unpaired) electrons. The van der Waals surface area contributed by atoms with Crippen LogP contribution in [0, 0.1) is 0 Å². The van der Waals surface area contributed by atoms with E-state index < -0.39 is 6.04 Å². The number of Topliss-reactive ketones (excluding diaryl/α,β-unsaturated/α-hetero) is 1. The number of pyridine rings is 1. The summed E-state index contributed by atoms with van der Waals surface area (Å²) in [5, 5.41) is 0.873. The summed E-state index contributed by atoms with van der Waals surface area (Å²) in [7, 11) is 0. The number of hydrogen-bond donors (Lipinski definition) is 0. The molecule has 0 bridgehead atoms. The number of nitrogens with zero attached hydrogens (tertiary/aromatic N) is 2. The Morgan fingerprint density at radius 3 is 2.48 bits per heavy atom. The molecule has 4 nitrogen and oxygen atoms in total.